The number of rotatable bonds is 3. The second-order valence-electron chi connectivity index (χ2n) is 6.07. The molecule has 2 aromatic rings. The van der Waals surface area contributed by atoms with Gasteiger partial charge >= 0.3 is 0 Å². The zero-order valence-electron chi connectivity index (χ0n) is 13.5. The monoisotopic (exact) mass is 408 g/mol. The number of fused-ring (bicyclic) bond motifs is 1. The summed E-state index contributed by atoms with van der Waals surface area (Å²) < 4.78 is 0.829. The summed E-state index contributed by atoms with van der Waals surface area (Å²) in [5.74, 6) is 0.567. The summed E-state index contributed by atoms with van der Waals surface area (Å²) in [5, 5.41) is 3.52. The molecule has 1 N–H and O–H groups in total. The lowest BCUT2D eigenvalue weighted by Crippen LogP contribution is -2.39. The lowest BCUT2D eigenvalue weighted by atomic mass is 9.92. The zero-order chi connectivity index (χ0) is 17.3. The van der Waals surface area contributed by atoms with Gasteiger partial charge in [0.2, 0.25) is 5.95 Å². The van der Waals surface area contributed by atoms with Crippen LogP contribution in [0.1, 0.15) is 28.0 Å². The molecule has 1 aromatic heterocycles. The number of carbonyl (C=O) groups is 1. The number of nitrogens with one attached hydrogen (secondary N) is 1. The van der Waals surface area contributed by atoms with Crippen LogP contribution in [0.5, 0.6) is 0 Å². The first-order valence-electron chi connectivity index (χ1n) is 7.72. The molecule has 5 nitrogen and oxygen atoms in total. The van der Waals surface area contributed by atoms with E-state index in [1.165, 1.54) is 0 Å². The minimum Gasteiger partial charge on any atom is -0.349 e. The van der Waals surface area contributed by atoms with Gasteiger partial charge in [-0.2, -0.15) is 0 Å². The summed E-state index contributed by atoms with van der Waals surface area (Å²) in [6.07, 6.45) is 4.28. The number of aromatic nitrogens is 2. The number of hydrogen-bond donors (Lipinski definition) is 1. The van der Waals surface area contributed by atoms with Crippen LogP contribution < -0.4 is 10.2 Å². The topological polar surface area (TPSA) is 58.1 Å². The maximum Gasteiger partial charge on any atom is 0.253 e. The highest BCUT2D eigenvalue weighted by Crippen LogP contribution is 2.23. The molecular weight excluding hydrogens is 392 g/mol. The smallest absolute Gasteiger partial charge is 0.253 e. The predicted octanol–water partition coefficient (Wildman–Crippen LogP) is 3.25. The molecule has 24 heavy (non-hydrogen) atoms. The number of amides is 1. The van der Waals surface area contributed by atoms with Crippen LogP contribution in [0, 0.1) is 0 Å². The Morgan fingerprint density at radius 1 is 1.42 bits per heavy atom. The number of benzene rings is 1. The van der Waals surface area contributed by atoms with E-state index in [4.69, 9.17) is 11.6 Å². The summed E-state index contributed by atoms with van der Waals surface area (Å²) in [6.45, 7) is 0. The normalized spacial score (nSPS) is 16.4. The Balaban J connectivity index is 1.72. The number of aryl methyl sites for hydroxylation is 1. The van der Waals surface area contributed by atoms with E-state index < -0.39 is 0 Å². The van der Waals surface area contributed by atoms with Gasteiger partial charge in [0.15, 0.2) is 0 Å². The van der Waals surface area contributed by atoms with Gasteiger partial charge in [-0.05, 0) is 43.0 Å². The lowest BCUT2D eigenvalue weighted by molar-refractivity contribution is 0.0933. The van der Waals surface area contributed by atoms with Crippen LogP contribution in [0.4, 0.5) is 5.95 Å². The Hall–Kier alpha value is -1.66. The average molecular weight is 410 g/mol. The summed E-state index contributed by atoms with van der Waals surface area (Å²) in [5.41, 5.74) is 2.65. The fourth-order valence-electron chi connectivity index (χ4n) is 2.77. The minimum atomic E-state index is -0.152. The molecule has 0 unspecified atom stereocenters. The van der Waals surface area contributed by atoms with Crippen LogP contribution in [-0.2, 0) is 12.8 Å². The van der Waals surface area contributed by atoms with Crippen LogP contribution in [0.15, 0.2) is 28.9 Å². The van der Waals surface area contributed by atoms with Gasteiger partial charge in [-0.3, -0.25) is 4.79 Å². The third kappa shape index (κ3) is 3.70. The van der Waals surface area contributed by atoms with E-state index in [2.05, 4.69) is 31.2 Å². The van der Waals surface area contributed by atoms with E-state index in [9.17, 15) is 4.79 Å². The number of hydrogen-bond acceptors (Lipinski definition) is 4. The molecule has 0 radical (unpaired) electrons. The van der Waals surface area contributed by atoms with E-state index >= 15 is 0 Å². The van der Waals surface area contributed by atoms with Gasteiger partial charge < -0.3 is 10.2 Å². The minimum absolute atomic E-state index is 0.0638. The molecule has 126 valence electrons. The fraction of sp³-hybridized carbons (Fsp3) is 0.353. The molecule has 1 aliphatic rings. The molecule has 1 atom stereocenters. The molecule has 0 aliphatic heterocycles. The largest absolute Gasteiger partial charge is 0.349 e. The van der Waals surface area contributed by atoms with Crippen molar-refractivity contribution in [2.45, 2.75) is 25.3 Å². The van der Waals surface area contributed by atoms with Crippen LogP contribution in [0.3, 0.4) is 0 Å². The zero-order valence-corrected chi connectivity index (χ0v) is 15.9. The van der Waals surface area contributed by atoms with Crippen LogP contribution in [0.2, 0.25) is 5.02 Å². The Labute approximate surface area is 154 Å². The van der Waals surface area contributed by atoms with Gasteiger partial charge in [-0.1, -0.05) is 27.5 Å². The standard InChI is InChI=1S/C17H18BrClN4O/c1-23(2)17-20-9-10-7-12(4-6-15(10)22-17)21-16(24)13-8-11(18)3-5-14(13)19/h3,5,8-9,12H,4,6-7H2,1-2H3,(H,21,24)/t12-/m1/s1. The molecule has 1 heterocycles. The van der Waals surface area contributed by atoms with Crippen molar-refractivity contribution >= 4 is 39.4 Å². The molecule has 7 heteroatoms. The van der Waals surface area contributed by atoms with Crippen molar-refractivity contribution in [3.63, 3.8) is 0 Å². The molecule has 0 bridgehead atoms. The van der Waals surface area contributed by atoms with Crippen LogP contribution in [-0.4, -0.2) is 36.0 Å². The third-order valence-corrected chi connectivity index (χ3v) is 4.87. The highest BCUT2D eigenvalue weighted by molar-refractivity contribution is 9.10. The molecule has 1 aromatic carbocycles. The second-order valence-corrected chi connectivity index (χ2v) is 7.40. The molecule has 1 amide bonds. The maximum atomic E-state index is 12.5. The van der Waals surface area contributed by atoms with E-state index in [0.29, 0.717) is 10.6 Å². The summed E-state index contributed by atoms with van der Waals surface area (Å²) in [6, 6.07) is 5.33. The third-order valence-electron chi connectivity index (χ3n) is 4.05. The first kappa shape index (κ1) is 17.2. The lowest BCUT2D eigenvalue weighted by Gasteiger charge is -2.25. The fourth-order valence-corrected chi connectivity index (χ4v) is 3.33. The predicted molar refractivity (Wildman–Crippen MR) is 98.8 cm³/mol. The van der Waals surface area contributed by atoms with Gasteiger partial charge in [0, 0.05) is 36.5 Å². The van der Waals surface area contributed by atoms with Gasteiger partial charge in [0.1, 0.15) is 0 Å². The van der Waals surface area contributed by atoms with Gasteiger partial charge in [0.05, 0.1) is 10.6 Å². The van der Waals surface area contributed by atoms with E-state index in [0.717, 1.165) is 40.9 Å². The number of nitrogens with zero attached hydrogens (tertiary/aromatic N) is 3. The second kappa shape index (κ2) is 7.07. The Bertz CT molecular complexity index is 781. The Morgan fingerprint density at radius 3 is 2.96 bits per heavy atom. The quantitative estimate of drug-likeness (QED) is 0.845. The summed E-state index contributed by atoms with van der Waals surface area (Å²) >= 11 is 9.50. The Morgan fingerprint density at radius 2 is 2.21 bits per heavy atom. The van der Waals surface area contributed by atoms with Crippen molar-refractivity contribution in [3.8, 4) is 0 Å². The van der Waals surface area contributed by atoms with Crippen LogP contribution in [0.25, 0.3) is 0 Å². The maximum absolute atomic E-state index is 12.5. The van der Waals surface area contributed by atoms with Crippen LogP contribution >= 0.6 is 27.5 Å². The highest BCUT2D eigenvalue weighted by atomic mass is 79.9. The van der Waals surface area contributed by atoms with Crippen molar-refractivity contribution in [3.05, 3.63) is 50.7 Å². The first-order chi connectivity index (χ1) is 11.4. The molecule has 3 rings (SSSR count). The van der Waals surface area contributed by atoms with Gasteiger partial charge in [0.25, 0.3) is 5.91 Å². The first-order valence-corrected chi connectivity index (χ1v) is 8.89. The van der Waals surface area contributed by atoms with Crippen molar-refractivity contribution in [2.24, 2.45) is 0 Å². The summed E-state index contributed by atoms with van der Waals surface area (Å²) in [4.78, 5) is 23.3. The van der Waals surface area contributed by atoms with Gasteiger partial charge in [-0.25, -0.2) is 9.97 Å². The van der Waals surface area contributed by atoms with E-state index in [1.807, 2.05) is 31.3 Å². The SMILES string of the molecule is CN(C)c1ncc2c(n1)CC[C@@H](NC(=O)c1cc(Br)ccc1Cl)C2. The number of anilines is 1. The molecular formula is C17H18BrClN4O. The molecule has 0 saturated carbocycles. The highest BCUT2D eigenvalue weighted by Gasteiger charge is 2.23. The van der Waals surface area contributed by atoms with Gasteiger partial charge in [-0.15, -0.1) is 0 Å². The van der Waals surface area contributed by atoms with Crippen molar-refractivity contribution in [1.82, 2.24) is 15.3 Å². The van der Waals surface area contributed by atoms with Crippen molar-refractivity contribution < 1.29 is 4.79 Å². The average Bonchev–Trinajstić information content (AvgIpc) is 2.56. The van der Waals surface area contributed by atoms with E-state index in [-0.39, 0.29) is 11.9 Å². The van der Waals surface area contributed by atoms with Crippen molar-refractivity contribution in [1.29, 1.82) is 0 Å². The Kier molecular flexibility index (Phi) is 5.06. The number of carbonyl (C=O) groups excluding carboxylic acids is 1. The van der Waals surface area contributed by atoms with Crippen molar-refractivity contribution in [2.75, 3.05) is 19.0 Å². The molecule has 0 saturated heterocycles. The number of halogens is 2. The van der Waals surface area contributed by atoms with E-state index in [1.54, 1.807) is 12.1 Å². The molecule has 0 fully saturated rings. The molecule has 1 aliphatic carbocycles. The summed E-state index contributed by atoms with van der Waals surface area (Å²) in [7, 11) is 3.85. The molecule has 0 spiro atoms.